The molecule has 0 aliphatic heterocycles. The molecule has 7 heteroatoms. The summed E-state index contributed by atoms with van der Waals surface area (Å²) in [4.78, 5) is 19.5. The van der Waals surface area contributed by atoms with Crippen molar-refractivity contribution < 1.29 is 13.9 Å². The van der Waals surface area contributed by atoms with Crippen molar-refractivity contribution in [3.8, 4) is 5.75 Å². The molecule has 2 rings (SSSR count). The molecule has 0 saturated heterocycles. The van der Waals surface area contributed by atoms with Gasteiger partial charge in [-0.25, -0.2) is 9.37 Å². The topological polar surface area (TPSA) is 54.5 Å². The first-order chi connectivity index (χ1) is 11.4. The fraction of sp³-hybridized carbons (Fsp3) is 0.412. The van der Waals surface area contributed by atoms with Crippen LogP contribution in [0.25, 0.3) is 0 Å². The van der Waals surface area contributed by atoms with Crippen LogP contribution < -0.4 is 10.1 Å². The number of carbonyl (C=O) groups excluding carboxylic acids is 1. The van der Waals surface area contributed by atoms with Gasteiger partial charge in [-0.3, -0.25) is 9.69 Å². The molecule has 0 fully saturated rings. The second-order valence-corrected chi connectivity index (χ2v) is 6.79. The Morgan fingerprint density at radius 2 is 2.12 bits per heavy atom. The van der Waals surface area contributed by atoms with Crippen molar-refractivity contribution in [3.05, 3.63) is 40.7 Å². The first kappa shape index (κ1) is 18.4. The number of carbonyl (C=O) groups is 1. The first-order valence-corrected chi connectivity index (χ1v) is 8.52. The normalized spacial score (nSPS) is 12.2. The second-order valence-electron chi connectivity index (χ2n) is 5.59. The number of anilines is 1. The van der Waals surface area contributed by atoms with Crippen LogP contribution in [-0.4, -0.2) is 42.0 Å². The Balaban J connectivity index is 1.81. The number of nitrogens with zero attached hydrogens (tertiary/aromatic N) is 2. The maximum atomic E-state index is 13.5. The molecule has 1 N–H and O–H groups in total. The highest BCUT2D eigenvalue weighted by Crippen LogP contribution is 2.21. The van der Waals surface area contributed by atoms with E-state index in [2.05, 4.69) is 10.3 Å². The third kappa shape index (κ3) is 4.75. The summed E-state index contributed by atoms with van der Waals surface area (Å²) >= 11 is 1.46. The van der Waals surface area contributed by atoms with Gasteiger partial charge >= 0.3 is 0 Å². The zero-order valence-electron chi connectivity index (χ0n) is 14.3. The van der Waals surface area contributed by atoms with Gasteiger partial charge in [-0.1, -0.05) is 12.1 Å². The van der Waals surface area contributed by atoms with Crippen molar-refractivity contribution in [2.45, 2.75) is 26.8 Å². The van der Waals surface area contributed by atoms with Crippen LogP contribution in [0, 0.1) is 19.7 Å². The van der Waals surface area contributed by atoms with Crippen molar-refractivity contribution in [3.63, 3.8) is 0 Å². The molecule has 0 spiro atoms. The van der Waals surface area contributed by atoms with Crippen molar-refractivity contribution in [1.29, 1.82) is 0 Å². The van der Waals surface area contributed by atoms with Crippen molar-refractivity contribution in [2.24, 2.45) is 0 Å². The molecule has 1 aromatic carbocycles. The number of rotatable bonds is 7. The van der Waals surface area contributed by atoms with E-state index in [9.17, 15) is 9.18 Å². The SMILES string of the molecule is Cc1nc(NC(=O)C(C)N(C)CCOc2ccccc2F)sc1C. The number of likely N-dealkylation sites (N-methyl/N-ethyl adjacent to an activating group) is 1. The second kappa shape index (κ2) is 8.21. The number of nitrogens with one attached hydrogen (secondary N) is 1. The van der Waals surface area contributed by atoms with Crippen LogP contribution in [0.5, 0.6) is 5.75 Å². The molecule has 1 unspecified atom stereocenters. The van der Waals surface area contributed by atoms with E-state index in [1.807, 2.05) is 32.7 Å². The average molecular weight is 351 g/mol. The van der Waals surface area contributed by atoms with Crippen LogP contribution in [0.2, 0.25) is 0 Å². The number of aromatic nitrogens is 1. The minimum absolute atomic E-state index is 0.128. The number of ether oxygens (including phenoxy) is 1. The number of halogens is 1. The van der Waals surface area contributed by atoms with Crippen LogP contribution in [0.15, 0.2) is 24.3 Å². The van der Waals surface area contributed by atoms with Gasteiger partial charge in [-0.2, -0.15) is 0 Å². The third-order valence-electron chi connectivity index (χ3n) is 3.84. The van der Waals surface area contributed by atoms with Crippen LogP contribution >= 0.6 is 11.3 Å². The highest BCUT2D eigenvalue weighted by atomic mass is 32.1. The number of hydrogen-bond acceptors (Lipinski definition) is 5. The lowest BCUT2D eigenvalue weighted by Gasteiger charge is -2.23. The molecule has 0 bridgehead atoms. The lowest BCUT2D eigenvalue weighted by Crippen LogP contribution is -2.41. The molecule has 24 heavy (non-hydrogen) atoms. The minimum atomic E-state index is -0.388. The fourth-order valence-electron chi connectivity index (χ4n) is 1.99. The predicted molar refractivity (Wildman–Crippen MR) is 94.2 cm³/mol. The van der Waals surface area contributed by atoms with Gasteiger partial charge in [-0.05, 0) is 40.0 Å². The molecule has 0 saturated carbocycles. The van der Waals surface area contributed by atoms with E-state index >= 15 is 0 Å². The molecule has 1 aromatic heterocycles. The van der Waals surface area contributed by atoms with Gasteiger partial charge in [0.15, 0.2) is 16.7 Å². The monoisotopic (exact) mass is 351 g/mol. The zero-order chi connectivity index (χ0) is 17.7. The maximum absolute atomic E-state index is 13.5. The number of para-hydroxylation sites is 1. The molecule has 1 atom stereocenters. The Hall–Kier alpha value is -1.99. The summed E-state index contributed by atoms with van der Waals surface area (Å²) in [6, 6.07) is 5.92. The largest absolute Gasteiger partial charge is 0.489 e. The Morgan fingerprint density at radius 3 is 2.75 bits per heavy atom. The number of aryl methyl sites for hydroxylation is 2. The lowest BCUT2D eigenvalue weighted by molar-refractivity contribution is -0.120. The van der Waals surface area contributed by atoms with E-state index in [0.717, 1.165) is 10.6 Å². The van der Waals surface area contributed by atoms with E-state index in [1.165, 1.54) is 17.4 Å². The smallest absolute Gasteiger partial charge is 0.243 e. The molecule has 0 aliphatic carbocycles. The summed E-state index contributed by atoms with van der Waals surface area (Å²) < 4.78 is 18.9. The summed E-state index contributed by atoms with van der Waals surface area (Å²) in [5.41, 5.74) is 0.926. The predicted octanol–water partition coefficient (Wildman–Crippen LogP) is 3.24. The van der Waals surface area contributed by atoms with E-state index in [4.69, 9.17) is 4.74 Å². The summed E-state index contributed by atoms with van der Waals surface area (Å²) in [7, 11) is 1.83. The Labute approximate surface area is 145 Å². The highest BCUT2D eigenvalue weighted by molar-refractivity contribution is 7.15. The van der Waals surface area contributed by atoms with Crippen LogP contribution in [0.1, 0.15) is 17.5 Å². The van der Waals surface area contributed by atoms with Gasteiger partial charge in [0.05, 0.1) is 11.7 Å². The van der Waals surface area contributed by atoms with E-state index in [0.29, 0.717) is 18.3 Å². The third-order valence-corrected chi connectivity index (χ3v) is 4.83. The number of thiazole rings is 1. The van der Waals surface area contributed by atoms with Crippen molar-refractivity contribution in [1.82, 2.24) is 9.88 Å². The van der Waals surface area contributed by atoms with Crippen molar-refractivity contribution in [2.75, 3.05) is 25.5 Å². The zero-order valence-corrected chi connectivity index (χ0v) is 15.1. The minimum Gasteiger partial charge on any atom is -0.489 e. The van der Waals surface area contributed by atoms with E-state index < -0.39 is 0 Å². The number of benzene rings is 1. The number of hydrogen-bond donors (Lipinski definition) is 1. The summed E-state index contributed by atoms with van der Waals surface area (Å²) in [6.45, 7) is 6.49. The van der Waals surface area contributed by atoms with Crippen LogP contribution in [-0.2, 0) is 4.79 Å². The Morgan fingerprint density at radius 1 is 1.42 bits per heavy atom. The molecular formula is C17H22FN3O2S. The first-order valence-electron chi connectivity index (χ1n) is 7.71. The Kier molecular flexibility index (Phi) is 6.28. The molecular weight excluding hydrogens is 329 g/mol. The van der Waals surface area contributed by atoms with Gasteiger partial charge in [0.25, 0.3) is 0 Å². The molecule has 0 radical (unpaired) electrons. The Bertz CT molecular complexity index is 685. The maximum Gasteiger partial charge on any atom is 0.243 e. The summed E-state index contributed by atoms with van der Waals surface area (Å²) in [5.74, 6) is -0.297. The average Bonchev–Trinajstić information content (AvgIpc) is 2.86. The lowest BCUT2D eigenvalue weighted by atomic mass is 10.3. The van der Waals surface area contributed by atoms with Crippen molar-refractivity contribution >= 4 is 22.4 Å². The van der Waals surface area contributed by atoms with Gasteiger partial charge in [0.1, 0.15) is 6.61 Å². The van der Waals surface area contributed by atoms with Crippen LogP contribution in [0.3, 0.4) is 0 Å². The van der Waals surface area contributed by atoms with E-state index in [1.54, 1.807) is 18.2 Å². The van der Waals surface area contributed by atoms with Gasteiger partial charge in [0, 0.05) is 11.4 Å². The quantitative estimate of drug-likeness (QED) is 0.832. The summed E-state index contributed by atoms with van der Waals surface area (Å²) in [6.07, 6.45) is 0. The van der Waals surface area contributed by atoms with E-state index in [-0.39, 0.29) is 23.5 Å². The molecule has 1 heterocycles. The molecule has 2 aromatic rings. The standard InChI is InChI=1S/C17H22FN3O2S/c1-11-13(3)24-17(19-11)20-16(22)12(2)21(4)9-10-23-15-8-6-5-7-14(15)18/h5-8,12H,9-10H2,1-4H3,(H,19,20,22). The molecule has 5 nitrogen and oxygen atoms in total. The molecule has 130 valence electrons. The molecule has 1 amide bonds. The summed E-state index contributed by atoms with van der Waals surface area (Å²) in [5, 5.41) is 3.44. The molecule has 0 aliphatic rings. The fourth-order valence-corrected chi connectivity index (χ4v) is 2.81. The number of amides is 1. The van der Waals surface area contributed by atoms with Gasteiger partial charge in [-0.15, -0.1) is 11.3 Å². The van der Waals surface area contributed by atoms with Crippen LogP contribution in [0.4, 0.5) is 9.52 Å². The highest BCUT2D eigenvalue weighted by Gasteiger charge is 2.19. The van der Waals surface area contributed by atoms with Gasteiger partial charge in [0.2, 0.25) is 5.91 Å². The van der Waals surface area contributed by atoms with Gasteiger partial charge < -0.3 is 10.1 Å².